The number of ether oxygens (including phenoxy) is 2. The van der Waals surface area contributed by atoms with Crippen molar-refractivity contribution in [1.29, 1.82) is 0 Å². The molecule has 1 amide bonds. The molecule has 0 bridgehead atoms. The molecule has 1 heterocycles. The predicted molar refractivity (Wildman–Crippen MR) is 86.5 cm³/mol. The topological polar surface area (TPSA) is 65.4 Å². The fraction of sp³-hybridized carbons (Fsp3) is 0.333. The summed E-state index contributed by atoms with van der Waals surface area (Å²) in [5.74, 6) is -0.365. The van der Waals surface area contributed by atoms with Gasteiger partial charge in [0.05, 0.1) is 17.8 Å². The number of halogens is 3. The van der Waals surface area contributed by atoms with Gasteiger partial charge in [-0.05, 0) is 40.5 Å². The molecule has 0 saturated heterocycles. The highest BCUT2D eigenvalue weighted by atomic mass is 79.9. The quantitative estimate of drug-likeness (QED) is 0.687. The van der Waals surface area contributed by atoms with E-state index in [9.17, 15) is 13.6 Å². The van der Waals surface area contributed by atoms with Crippen LogP contribution in [0.1, 0.15) is 16.8 Å². The summed E-state index contributed by atoms with van der Waals surface area (Å²) >= 11 is 3.31. The van der Waals surface area contributed by atoms with Crippen molar-refractivity contribution < 1.29 is 23.0 Å². The maximum Gasteiger partial charge on any atom is 0.387 e. The molecule has 9 heteroatoms. The van der Waals surface area contributed by atoms with Crippen LogP contribution in [0.5, 0.6) is 11.5 Å². The van der Waals surface area contributed by atoms with Crippen LogP contribution in [0.25, 0.3) is 0 Å². The Kier molecular flexibility index (Phi) is 6.53. The van der Waals surface area contributed by atoms with E-state index in [0.29, 0.717) is 25.1 Å². The molecule has 0 radical (unpaired) electrons. The van der Waals surface area contributed by atoms with Crippen LogP contribution in [-0.4, -0.2) is 36.0 Å². The van der Waals surface area contributed by atoms with Gasteiger partial charge in [-0.25, -0.2) is 0 Å². The van der Waals surface area contributed by atoms with E-state index >= 15 is 0 Å². The summed E-state index contributed by atoms with van der Waals surface area (Å²) in [6.07, 6.45) is 4.23. The standard InChI is InChI=1S/C15H16BrF2N3O3/c1-23-13-7-10(3-4-12(13)24-15(17)18)14(22)19-5-2-6-21-9-11(16)8-20-21/h3-4,7-9,15H,2,5-6H2,1H3,(H,19,22). The second-order valence-electron chi connectivity index (χ2n) is 4.78. The van der Waals surface area contributed by atoms with E-state index in [1.54, 1.807) is 10.9 Å². The molecule has 1 aromatic heterocycles. The zero-order chi connectivity index (χ0) is 17.5. The average molecular weight is 404 g/mol. The third-order valence-corrected chi connectivity index (χ3v) is 3.50. The van der Waals surface area contributed by atoms with E-state index in [1.807, 2.05) is 6.20 Å². The van der Waals surface area contributed by atoms with Gasteiger partial charge in [-0.15, -0.1) is 0 Å². The van der Waals surface area contributed by atoms with Crippen LogP contribution in [0.2, 0.25) is 0 Å². The van der Waals surface area contributed by atoms with Crippen LogP contribution < -0.4 is 14.8 Å². The molecule has 0 atom stereocenters. The first-order valence-corrected chi connectivity index (χ1v) is 7.88. The molecule has 0 fully saturated rings. The number of hydrogen-bond donors (Lipinski definition) is 1. The molecular formula is C15H16BrF2N3O3. The molecule has 2 aromatic rings. The first-order chi connectivity index (χ1) is 11.5. The number of carbonyl (C=O) groups is 1. The number of hydrogen-bond acceptors (Lipinski definition) is 4. The molecule has 0 aliphatic rings. The second-order valence-corrected chi connectivity index (χ2v) is 5.69. The molecule has 6 nitrogen and oxygen atoms in total. The van der Waals surface area contributed by atoms with Crippen molar-refractivity contribution in [3.63, 3.8) is 0 Å². The number of nitrogens with one attached hydrogen (secondary N) is 1. The van der Waals surface area contributed by atoms with Gasteiger partial charge in [0.15, 0.2) is 11.5 Å². The number of aromatic nitrogens is 2. The predicted octanol–water partition coefficient (Wildman–Crippen LogP) is 3.08. The fourth-order valence-electron chi connectivity index (χ4n) is 2.01. The Labute approximate surface area is 145 Å². The molecule has 130 valence electrons. The minimum absolute atomic E-state index is 0.0735. The lowest BCUT2D eigenvalue weighted by Gasteiger charge is -2.11. The summed E-state index contributed by atoms with van der Waals surface area (Å²) in [7, 11) is 1.32. The fourth-order valence-corrected chi connectivity index (χ4v) is 2.34. The summed E-state index contributed by atoms with van der Waals surface area (Å²) in [5.41, 5.74) is 0.301. The Morgan fingerprint density at radius 1 is 1.42 bits per heavy atom. The SMILES string of the molecule is COc1cc(C(=O)NCCCn2cc(Br)cn2)ccc1OC(F)F. The van der Waals surface area contributed by atoms with Crippen molar-refractivity contribution >= 4 is 21.8 Å². The zero-order valence-electron chi connectivity index (χ0n) is 12.8. The minimum atomic E-state index is -2.96. The number of benzene rings is 1. The number of rotatable bonds is 8. The van der Waals surface area contributed by atoms with Gasteiger partial charge in [0.2, 0.25) is 0 Å². The van der Waals surface area contributed by atoms with Gasteiger partial charge in [0, 0.05) is 24.8 Å². The molecular weight excluding hydrogens is 388 g/mol. The Hall–Kier alpha value is -2.16. The number of amides is 1. The van der Waals surface area contributed by atoms with Crippen molar-refractivity contribution in [2.45, 2.75) is 19.6 Å². The smallest absolute Gasteiger partial charge is 0.387 e. The summed E-state index contributed by atoms with van der Waals surface area (Å²) in [6, 6.07) is 4.04. The Bertz CT molecular complexity index is 694. The van der Waals surface area contributed by atoms with Gasteiger partial charge in [-0.1, -0.05) is 0 Å². The Balaban J connectivity index is 1.87. The van der Waals surface area contributed by atoms with E-state index in [2.05, 4.69) is 31.1 Å². The Morgan fingerprint density at radius 3 is 2.83 bits per heavy atom. The van der Waals surface area contributed by atoms with E-state index in [-0.39, 0.29) is 17.4 Å². The third kappa shape index (κ3) is 5.19. The van der Waals surface area contributed by atoms with Gasteiger partial charge < -0.3 is 14.8 Å². The van der Waals surface area contributed by atoms with Crippen LogP contribution in [0.4, 0.5) is 8.78 Å². The van der Waals surface area contributed by atoms with Crippen LogP contribution in [0.3, 0.4) is 0 Å². The van der Waals surface area contributed by atoms with Gasteiger partial charge in [-0.2, -0.15) is 13.9 Å². The summed E-state index contributed by atoms with van der Waals surface area (Å²) in [4.78, 5) is 12.1. The molecule has 0 aliphatic carbocycles. The lowest BCUT2D eigenvalue weighted by Crippen LogP contribution is -2.25. The first-order valence-electron chi connectivity index (χ1n) is 7.08. The van der Waals surface area contributed by atoms with Crippen LogP contribution in [-0.2, 0) is 6.54 Å². The average Bonchev–Trinajstić information content (AvgIpc) is 2.96. The van der Waals surface area contributed by atoms with Crippen LogP contribution >= 0.6 is 15.9 Å². The summed E-state index contributed by atoms with van der Waals surface area (Å²) < 4.78 is 36.5. The summed E-state index contributed by atoms with van der Waals surface area (Å²) in [6.45, 7) is -1.84. The second kappa shape index (κ2) is 8.62. The van der Waals surface area contributed by atoms with Crippen molar-refractivity contribution in [1.82, 2.24) is 15.1 Å². The maximum atomic E-state index is 12.3. The van der Waals surface area contributed by atoms with E-state index < -0.39 is 6.61 Å². The van der Waals surface area contributed by atoms with E-state index in [0.717, 1.165) is 4.47 Å². The lowest BCUT2D eigenvalue weighted by atomic mass is 10.2. The number of alkyl halides is 2. The number of methoxy groups -OCH3 is 1. The van der Waals surface area contributed by atoms with Crippen molar-refractivity contribution in [3.8, 4) is 11.5 Å². The molecule has 1 N–H and O–H groups in total. The van der Waals surface area contributed by atoms with Gasteiger partial charge >= 0.3 is 6.61 Å². The molecule has 2 rings (SSSR count). The van der Waals surface area contributed by atoms with Crippen molar-refractivity contribution in [2.75, 3.05) is 13.7 Å². The van der Waals surface area contributed by atoms with Crippen LogP contribution in [0.15, 0.2) is 35.1 Å². The number of carbonyl (C=O) groups excluding carboxylic acids is 1. The first kappa shape index (κ1) is 18.2. The highest BCUT2D eigenvalue weighted by Gasteiger charge is 2.14. The highest BCUT2D eigenvalue weighted by Crippen LogP contribution is 2.29. The lowest BCUT2D eigenvalue weighted by molar-refractivity contribution is -0.0512. The van der Waals surface area contributed by atoms with Gasteiger partial charge in [0.1, 0.15) is 0 Å². The zero-order valence-corrected chi connectivity index (χ0v) is 14.4. The molecule has 0 aliphatic heterocycles. The van der Waals surface area contributed by atoms with Crippen LogP contribution in [0, 0.1) is 0 Å². The van der Waals surface area contributed by atoms with E-state index in [4.69, 9.17) is 4.74 Å². The van der Waals surface area contributed by atoms with Gasteiger partial charge in [-0.3, -0.25) is 9.48 Å². The minimum Gasteiger partial charge on any atom is -0.493 e. The summed E-state index contributed by atoms with van der Waals surface area (Å²) in [5, 5.41) is 6.86. The largest absolute Gasteiger partial charge is 0.493 e. The number of nitrogens with zero attached hydrogens (tertiary/aromatic N) is 2. The highest BCUT2D eigenvalue weighted by molar-refractivity contribution is 9.10. The molecule has 0 spiro atoms. The van der Waals surface area contributed by atoms with Crippen molar-refractivity contribution in [2.24, 2.45) is 0 Å². The number of aryl methyl sites for hydroxylation is 1. The normalized spacial score (nSPS) is 10.7. The molecule has 24 heavy (non-hydrogen) atoms. The van der Waals surface area contributed by atoms with Gasteiger partial charge in [0.25, 0.3) is 5.91 Å². The third-order valence-electron chi connectivity index (χ3n) is 3.09. The maximum absolute atomic E-state index is 12.3. The Morgan fingerprint density at radius 2 is 2.21 bits per heavy atom. The molecule has 0 unspecified atom stereocenters. The van der Waals surface area contributed by atoms with E-state index in [1.165, 1.54) is 25.3 Å². The van der Waals surface area contributed by atoms with Crippen molar-refractivity contribution in [3.05, 3.63) is 40.6 Å². The molecule has 0 saturated carbocycles. The monoisotopic (exact) mass is 403 g/mol. The molecule has 1 aromatic carbocycles.